The minimum Gasteiger partial charge on any atom is -0.393 e. The molecule has 0 spiro atoms. The predicted octanol–water partition coefficient (Wildman–Crippen LogP) is 17.5. The normalized spacial score (nSPS) is 33.2. The Morgan fingerprint density at radius 2 is 0.831 bits per heavy atom. The second-order valence-corrected chi connectivity index (χ2v) is 24.3. The van der Waals surface area contributed by atoms with E-state index in [9.17, 15) is 35.7 Å². The van der Waals surface area contributed by atoms with E-state index in [1.54, 1.807) is 0 Å². The van der Waals surface area contributed by atoms with Crippen LogP contribution < -0.4 is 0 Å². The largest absolute Gasteiger partial charge is 0.393 e. The maximum atomic E-state index is 9.63. The number of aliphatic hydroxyl groups is 7. The van der Waals surface area contributed by atoms with Gasteiger partial charge in [0.2, 0.25) is 0 Å². The van der Waals surface area contributed by atoms with Crippen molar-refractivity contribution in [3.8, 4) is 0 Å². The van der Waals surface area contributed by atoms with Gasteiger partial charge in [-0.1, -0.05) is 143 Å². The third-order valence-electron chi connectivity index (χ3n) is 17.8. The van der Waals surface area contributed by atoms with Crippen LogP contribution >= 0.6 is 0 Å². The molecule has 0 bridgehead atoms. The monoisotopic (exact) mass is 1080 g/mol. The van der Waals surface area contributed by atoms with Crippen molar-refractivity contribution >= 4 is 0 Å². The molecule has 7 aliphatic rings. The summed E-state index contributed by atoms with van der Waals surface area (Å²) in [7, 11) is 0. The van der Waals surface area contributed by atoms with Crippen LogP contribution in [0.5, 0.6) is 0 Å². The summed E-state index contributed by atoms with van der Waals surface area (Å²) in [4.78, 5) is 0. The lowest BCUT2D eigenvalue weighted by Gasteiger charge is -2.28. The quantitative estimate of drug-likeness (QED) is 0.0965. The molecule has 7 heteroatoms. The summed E-state index contributed by atoms with van der Waals surface area (Å²) in [5.74, 6) is 4.64. The summed E-state index contributed by atoms with van der Waals surface area (Å²) >= 11 is 0. The highest BCUT2D eigenvalue weighted by atomic mass is 16.3. The van der Waals surface area contributed by atoms with E-state index < -0.39 is 0 Å². The molecule has 7 saturated carbocycles. The molecule has 77 heavy (non-hydrogen) atoms. The lowest BCUT2D eigenvalue weighted by molar-refractivity contribution is 0.0714. The van der Waals surface area contributed by atoms with Gasteiger partial charge in [-0.2, -0.15) is 0 Å². The first-order chi connectivity index (χ1) is 37.1. The molecule has 0 aliphatic heterocycles. The van der Waals surface area contributed by atoms with Crippen LogP contribution in [0, 0.1) is 41.4 Å². The van der Waals surface area contributed by atoms with Gasteiger partial charge in [0.1, 0.15) is 0 Å². The molecule has 7 fully saturated rings. The van der Waals surface area contributed by atoms with E-state index in [-0.39, 0.29) is 42.7 Å². The maximum absolute atomic E-state index is 9.63. The summed E-state index contributed by atoms with van der Waals surface area (Å²) in [5.41, 5.74) is 2.81. The molecule has 7 rings (SSSR count). The Morgan fingerprint density at radius 3 is 1.34 bits per heavy atom. The minimum absolute atomic E-state index is 0.00291. The average molecular weight is 1080 g/mol. The number of allylic oxidation sites excluding steroid dienone is 13. The van der Waals surface area contributed by atoms with Crippen molar-refractivity contribution < 1.29 is 35.7 Å². The molecular formula is C70H126O7. The minimum atomic E-state index is -0.0695. The average Bonchev–Trinajstić information content (AvgIpc) is 3.44. The predicted molar refractivity (Wildman–Crippen MR) is 332 cm³/mol. The van der Waals surface area contributed by atoms with Gasteiger partial charge >= 0.3 is 0 Å². The number of hydrogen-bond acceptors (Lipinski definition) is 7. The zero-order chi connectivity index (χ0) is 57.1. The van der Waals surface area contributed by atoms with Gasteiger partial charge in [0.15, 0.2) is 0 Å². The molecule has 0 radical (unpaired) electrons. The third kappa shape index (κ3) is 36.8. The Kier molecular flexibility index (Phi) is 45.0. The van der Waals surface area contributed by atoms with Crippen molar-refractivity contribution in [3.05, 3.63) is 84.1 Å². The molecule has 0 aromatic carbocycles. The molecule has 0 amide bonds. The molecule has 7 N–H and O–H groups in total. The molecule has 0 saturated heterocycles. The summed E-state index contributed by atoms with van der Waals surface area (Å²) < 4.78 is 0. The van der Waals surface area contributed by atoms with Gasteiger partial charge in [-0.15, -0.1) is 0 Å². The van der Waals surface area contributed by atoms with Crippen LogP contribution in [-0.2, 0) is 0 Å². The zero-order valence-electron chi connectivity index (χ0n) is 51.5. The lowest BCUT2D eigenvalue weighted by Crippen LogP contribution is -2.25. The van der Waals surface area contributed by atoms with Crippen molar-refractivity contribution in [2.45, 2.75) is 317 Å². The van der Waals surface area contributed by atoms with Crippen molar-refractivity contribution in [1.82, 2.24) is 0 Å². The second-order valence-electron chi connectivity index (χ2n) is 24.3. The maximum Gasteiger partial charge on any atom is 0.0605 e. The van der Waals surface area contributed by atoms with E-state index in [0.717, 1.165) is 120 Å². The Balaban J connectivity index is 0.000000449. The fourth-order valence-corrected chi connectivity index (χ4v) is 12.3. The first kappa shape index (κ1) is 72.9. The standard InChI is InChI=1S/7C10H18O/c1-3-8(2)9-5-4-6-10(11)7-9;1-3-8(2)9-6-4-5-7-10(9)11;1-2-3-6-9-7-4-5-8-10(9)11;2*1-2-3-5-9-6-4-7-10(11)8-9;2*1-2-3-4-9-5-7-10(11)8-6-9/h2*3,9-11H,4-7H2,1-2H3;2-3,9-11H,4-8H2,1H3;3,5,9-11H,2,4,6-8H2,1H3;2-3,9-11H,4-8H2,1H3;3-4,9-11H,2,5-8H2,1H3;2-3,9-11H,4-8H2,1H3. The number of rotatable bonds is 12. The van der Waals surface area contributed by atoms with Crippen molar-refractivity contribution in [3.63, 3.8) is 0 Å². The van der Waals surface area contributed by atoms with E-state index in [4.69, 9.17) is 0 Å². The second kappa shape index (κ2) is 47.5. The first-order valence-corrected chi connectivity index (χ1v) is 32.3. The van der Waals surface area contributed by atoms with E-state index in [0.29, 0.717) is 23.7 Å². The summed E-state index contributed by atoms with van der Waals surface area (Å²) in [6.07, 6.45) is 63.4. The Bertz CT molecular complexity index is 1580. The van der Waals surface area contributed by atoms with Gasteiger partial charge in [0, 0.05) is 5.92 Å². The SMILES string of the molecule is CC=C(C)C1CCCC(O)C1.CC=C(C)C1CCCCC1O.CC=CCC1CCC(O)CC1.CC=CCC1CCCC(O)C1.CC=CCC1CCCCC1O.CCC=CC1CCC(O)CC1.CCC=CC1CCCC(O)C1. The van der Waals surface area contributed by atoms with Crippen LogP contribution in [0.1, 0.15) is 274 Å². The van der Waals surface area contributed by atoms with Crippen LogP contribution in [0.2, 0.25) is 0 Å². The number of aliphatic hydroxyl groups excluding tert-OH is 7. The molecule has 0 heterocycles. The Labute approximate surface area is 476 Å². The fourth-order valence-electron chi connectivity index (χ4n) is 12.3. The van der Waals surface area contributed by atoms with E-state index >= 15 is 0 Å². The molecule has 10 unspecified atom stereocenters. The topological polar surface area (TPSA) is 142 Å². The fraction of sp³-hybridized carbons (Fsp3) is 0.800. The Hall–Kier alpha value is -2.10. The van der Waals surface area contributed by atoms with Crippen molar-refractivity contribution in [1.29, 1.82) is 0 Å². The van der Waals surface area contributed by atoms with Crippen molar-refractivity contribution in [2.24, 2.45) is 41.4 Å². The molecule has 448 valence electrons. The molecule has 7 nitrogen and oxygen atoms in total. The van der Waals surface area contributed by atoms with Gasteiger partial charge in [-0.3, -0.25) is 0 Å². The van der Waals surface area contributed by atoms with Crippen LogP contribution in [0.25, 0.3) is 0 Å². The Morgan fingerprint density at radius 1 is 0.364 bits per heavy atom. The lowest BCUT2D eigenvalue weighted by atomic mass is 9.82. The van der Waals surface area contributed by atoms with E-state index in [1.165, 1.54) is 120 Å². The molecule has 0 aromatic heterocycles. The molecule has 0 aromatic rings. The summed E-state index contributed by atoms with van der Waals surface area (Å²) in [6.45, 7) is 18.9. The van der Waals surface area contributed by atoms with Gasteiger partial charge in [-0.05, 0) is 251 Å². The van der Waals surface area contributed by atoms with Gasteiger partial charge in [-0.25, -0.2) is 0 Å². The third-order valence-corrected chi connectivity index (χ3v) is 17.8. The highest BCUT2D eigenvalue weighted by Crippen LogP contribution is 2.32. The molecular weight excluding hydrogens is 953 g/mol. The molecule has 10 atom stereocenters. The van der Waals surface area contributed by atoms with E-state index in [1.807, 2.05) is 6.92 Å². The number of hydrogen-bond donors (Lipinski definition) is 7. The highest BCUT2D eigenvalue weighted by molar-refractivity contribution is 5.05. The van der Waals surface area contributed by atoms with Crippen LogP contribution in [0.15, 0.2) is 84.1 Å². The van der Waals surface area contributed by atoms with Crippen LogP contribution in [0.4, 0.5) is 0 Å². The summed E-state index contributed by atoms with van der Waals surface area (Å²) in [5, 5.41) is 65.8. The van der Waals surface area contributed by atoms with Crippen LogP contribution in [0.3, 0.4) is 0 Å². The van der Waals surface area contributed by atoms with E-state index in [2.05, 4.69) is 128 Å². The molecule has 7 aliphatic carbocycles. The van der Waals surface area contributed by atoms with Gasteiger partial charge < -0.3 is 35.7 Å². The van der Waals surface area contributed by atoms with Crippen LogP contribution in [-0.4, -0.2) is 78.5 Å². The highest BCUT2D eigenvalue weighted by Gasteiger charge is 2.25. The summed E-state index contributed by atoms with van der Waals surface area (Å²) in [6, 6.07) is 0. The van der Waals surface area contributed by atoms with Gasteiger partial charge in [0.25, 0.3) is 0 Å². The zero-order valence-corrected chi connectivity index (χ0v) is 51.5. The smallest absolute Gasteiger partial charge is 0.0605 e. The van der Waals surface area contributed by atoms with Gasteiger partial charge in [0.05, 0.1) is 42.7 Å². The first-order valence-electron chi connectivity index (χ1n) is 32.3. The van der Waals surface area contributed by atoms with Crippen molar-refractivity contribution in [2.75, 3.05) is 0 Å².